The number of amides is 1. The summed E-state index contributed by atoms with van der Waals surface area (Å²) < 4.78 is 5.81. The Bertz CT molecular complexity index is 391. The van der Waals surface area contributed by atoms with Crippen LogP contribution in [0.1, 0.15) is 45.1 Å². The number of benzene rings is 1. The summed E-state index contributed by atoms with van der Waals surface area (Å²) in [5.74, 6) is 6.00. The van der Waals surface area contributed by atoms with Crippen molar-refractivity contribution in [3.05, 3.63) is 29.8 Å². The summed E-state index contributed by atoms with van der Waals surface area (Å²) in [7, 11) is 0. The third-order valence-electron chi connectivity index (χ3n) is 2.80. The molecular formula is C14H22N2O2. The van der Waals surface area contributed by atoms with Gasteiger partial charge in [-0.3, -0.25) is 10.2 Å². The van der Waals surface area contributed by atoms with E-state index in [0.29, 0.717) is 12.3 Å². The number of hydrogen-bond donors (Lipinski definition) is 2. The zero-order chi connectivity index (χ0) is 13.5. The van der Waals surface area contributed by atoms with Gasteiger partial charge in [-0.1, -0.05) is 45.4 Å². The van der Waals surface area contributed by atoms with Gasteiger partial charge >= 0.3 is 0 Å². The second-order valence-electron chi connectivity index (χ2n) is 4.60. The first-order valence-electron chi connectivity index (χ1n) is 6.36. The number of carbonyl (C=O) groups excluding carboxylic acids is 1. The first-order chi connectivity index (χ1) is 8.60. The molecule has 0 radical (unpaired) electrons. The van der Waals surface area contributed by atoms with Gasteiger partial charge in [-0.25, -0.2) is 5.84 Å². The molecular weight excluding hydrogens is 228 g/mol. The minimum Gasteiger partial charge on any atom is -0.480 e. The molecule has 3 N–H and O–H groups in total. The second-order valence-corrected chi connectivity index (χ2v) is 4.60. The number of ether oxygens (including phenoxy) is 1. The third kappa shape index (κ3) is 3.74. The molecule has 0 aliphatic carbocycles. The van der Waals surface area contributed by atoms with E-state index in [2.05, 4.69) is 19.3 Å². The average molecular weight is 250 g/mol. The SMILES string of the molecule is CCCC(Oc1ccccc1C(C)C)C(=O)NN. The van der Waals surface area contributed by atoms with Crippen LogP contribution in [-0.4, -0.2) is 12.0 Å². The van der Waals surface area contributed by atoms with Gasteiger partial charge in [0.25, 0.3) is 5.91 Å². The van der Waals surface area contributed by atoms with Gasteiger partial charge in [0.2, 0.25) is 0 Å². The molecule has 18 heavy (non-hydrogen) atoms. The van der Waals surface area contributed by atoms with Crippen molar-refractivity contribution in [2.45, 2.75) is 45.6 Å². The summed E-state index contributed by atoms with van der Waals surface area (Å²) >= 11 is 0. The lowest BCUT2D eigenvalue weighted by molar-refractivity contribution is -0.128. The lowest BCUT2D eigenvalue weighted by Crippen LogP contribution is -2.42. The molecule has 4 nitrogen and oxygen atoms in total. The number of rotatable bonds is 6. The van der Waals surface area contributed by atoms with Crippen molar-refractivity contribution in [2.24, 2.45) is 5.84 Å². The maximum Gasteiger partial charge on any atom is 0.274 e. The van der Waals surface area contributed by atoms with E-state index in [1.54, 1.807) is 0 Å². The molecule has 100 valence electrons. The Balaban J connectivity index is 2.89. The summed E-state index contributed by atoms with van der Waals surface area (Å²) in [6, 6.07) is 7.79. The normalized spacial score (nSPS) is 12.3. The topological polar surface area (TPSA) is 64.3 Å². The fourth-order valence-corrected chi connectivity index (χ4v) is 1.82. The molecule has 0 saturated heterocycles. The minimum atomic E-state index is -0.528. The molecule has 1 atom stereocenters. The van der Waals surface area contributed by atoms with Crippen LogP contribution in [0.4, 0.5) is 0 Å². The molecule has 0 spiro atoms. The number of hydrogen-bond acceptors (Lipinski definition) is 3. The van der Waals surface area contributed by atoms with E-state index in [1.807, 2.05) is 31.2 Å². The molecule has 0 saturated carbocycles. The molecule has 1 aromatic rings. The van der Waals surface area contributed by atoms with Crippen molar-refractivity contribution < 1.29 is 9.53 Å². The quantitative estimate of drug-likeness (QED) is 0.463. The molecule has 1 amide bonds. The molecule has 4 heteroatoms. The number of para-hydroxylation sites is 1. The van der Waals surface area contributed by atoms with Gasteiger partial charge in [-0.05, 0) is 24.0 Å². The van der Waals surface area contributed by atoms with Crippen LogP contribution in [0.2, 0.25) is 0 Å². The number of nitrogens with one attached hydrogen (secondary N) is 1. The summed E-state index contributed by atoms with van der Waals surface area (Å²) in [5.41, 5.74) is 3.26. The lowest BCUT2D eigenvalue weighted by Gasteiger charge is -2.20. The highest BCUT2D eigenvalue weighted by Gasteiger charge is 2.20. The highest BCUT2D eigenvalue weighted by atomic mass is 16.5. The van der Waals surface area contributed by atoms with Crippen LogP contribution in [0.15, 0.2) is 24.3 Å². The average Bonchev–Trinajstić information content (AvgIpc) is 2.37. The zero-order valence-corrected chi connectivity index (χ0v) is 11.3. The van der Waals surface area contributed by atoms with Gasteiger partial charge in [0, 0.05) is 0 Å². The number of carbonyl (C=O) groups is 1. The lowest BCUT2D eigenvalue weighted by atomic mass is 10.0. The Labute approximate surface area is 108 Å². The van der Waals surface area contributed by atoms with Crippen molar-refractivity contribution in [1.82, 2.24) is 5.43 Å². The van der Waals surface area contributed by atoms with Gasteiger partial charge in [-0.2, -0.15) is 0 Å². The number of hydrazine groups is 1. The highest BCUT2D eigenvalue weighted by Crippen LogP contribution is 2.27. The van der Waals surface area contributed by atoms with Gasteiger partial charge in [0.05, 0.1) is 0 Å². The molecule has 1 aromatic carbocycles. The van der Waals surface area contributed by atoms with Crippen LogP contribution >= 0.6 is 0 Å². The summed E-state index contributed by atoms with van der Waals surface area (Å²) in [4.78, 5) is 11.6. The molecule has 0 bridgehead atoms. The Morgan fingerprint density at radius 2 is 2.06 bits per heavy atom. The van der Waals surface area contributed by atoms with Crippen LogP contribution in [0.5, 0.6) is 5.75 Å². The van der Waals surface area contributed by atoms with Gasteiger partial charge < -0.3 is 4.74 Å². The molecule has 0 heterocycles. The summed E-state index contributed by atoms with van der Waals surface area (Å²) in [6.45, 7) is 6.20. The van der Waals surface area contributed by atoms with E-state index < -0.39 is 6.10 Å². The van der Waals surface area contributed by atoms with E-state index in [4.69, 9.17) is 10.6 Å². The van der Waals surface area contributed by atoms with Crippen LogP contribution in [0, 0.1) is 0 Å². The number of nitrogens with two attached hydrogens (primary N) is 1. The first-order valence-corrected chi connectivity index (χ1v) is 6.36. The molecule has 1 unspecified atom stereocenters. The van der Waals surface area contributed by atoms with E-state index in [9.17, 15) is 4.79 Å². The largest absolute Gasteiger partial charge is 0.480 e. The first kappa shape index (κ1) is 14.5. The highest BCUT2D eigenvalue weighted by molar-refractivity contribution is 5.80. The Hall–Kier alpha value is -1.55. The summed E-state index contributed by atoms with van der Waals surface area (Å²) in [6.07, 6.45) is 0.983. The van der Waals surface area contributed by atoms with E-state index in [-0.39, 0.29) is 5.91 Å². The molecule has 0 aliphatic heterocycles. The fourth-order valence-electron chi connectivity index (χ4n) is 1.82. The monoisotopic (exact) mass is 250 g/mol. The van der Waals surface area contributed by atoms with E-state index in [1.165, 1.54) is 0 Å². The van der Waals surface area contributed by atoms with Crippen LogP contribution in [0.3, 0.4) is 0 Å². The third-order valence-corrected chi connectivity index (χ3v) is 2.80. The predicted molar refractivity (Wildman–Crippen MR) is 72.2 cm³/mol. The van der Waals surface area contributed by atoms with Crippen LogP contribution < -0.4 is 16.0 Å². The van der Waals surface area contributed by atoms with Gasteiger partial charge in [-0.15, -0.1) is 0 Å². The second kappa shape index (κ2) is 7.01. The maximum absolute atomic E-state index is 11.6. The Morgan fingerprint density at radius 1 is 1.39 bits per heavy atom. The van der Waals surface area contributed by atoms with Crippen molar-refractivity contribution in [2.75, 3.05) is 0 Å². The predicted octanol–water partition coefficient (Wildman–Crippen LogP) is 2.35. The molecule has 0 fully saturated rings. The van der Waals surface area contributed by atoms with Crippen LogP contribution in [0.25, 0.3) is 0 Å². The van der Waals surface area contributed by atoms with Crippen molar-refractivity contribution in [3.63, 3.8) is 0 Å². The fraction of sp³-hybridized carbons (Fsp3) is 0.500. The van der Waals surface area contributed by atoms with E-state index >= 15 is 0 Å². The van der Waals surface area contributed by atoms with E-state index in [0.717, 1.165) is 17.7 Å². The van der Waals surface area contributed by atoms with Crippen molar-refractivity contribution in [3.8, 4) is 5.75 Å². The van der Waals surface area contributed by atoms with Gasteiger partial charge in [0.1, 0.15) is 5.75 Å². The molecule has 1 rings (SSSR count). The zero-order valence-electron chi connectivity index (χ0n) is 11.3. The standard InChI is InChI=1S/C14H22N2O2/c1-4-7-13(14(17)16-15)18-12-9-6-5-8-11(12)10(2)3/h5-6,8-10,13H,4,7,15H2,1-3H3,(H,16,17). The summed E-state index contributed by atoms with van der Waals surface area (Å²) in [5, 5.41) is 0. The van der Waals surface area contributed by atoms with Gasteiger partial charge in [0.15, 0.2) is 6.10 Å². The molecule has 0 aliphatic rings. The van der Waals surface area contributed by atoms with Crippen molar-refractivity contribution >= 4 is 5.91 Å². The smallest absolute Gasteiger partial charge is 0.274 e. The van der Waals surface area contributed by atoms with Crippen molar-refractivity contribution in [1.29, 1.82) is 0 Å². The Morgan fingerprint density at radius 3 is 2.61 bits per heavy atom. The van der Waals surface area contributed by atoms with Crippen LogP contribution in [-0.2, 0) is 4.79 Å². The Kier molecular flexibility index (Phi) is 5.65. The maximum atomic E-state index is 11.6. The minimum absolute atomic E-state index is 0.282. The molecule has 0 aromatic heterocycles.